The van der Waals surface area contributed by atoms with Crippen LogP contribution in [-0.4, -0.2) is 9.67 Å². The predicted molar refractivity (Wildman–Crippen MR) is 177 cm³/mol. The number of aromatic hydroxyl groups is 1. The fourth-order valence-corrected chi connectivity index (χ4v) is 5.31. The van der Waals surface area contributed by atoms with Gasteiger partial charge in [-0.25, -0.2) is 4.39 Å². The Morgan fingerprint density at radius 1 is 0.595 bits per heavy atom. The molecule has 2 nitrogen and oxygen atoms in total. The summed E-state index contributed by atoms with van der Waals surface area (Å²) in [5.74, 6) is -0.178. The molecule has 0 bridgehead atoms. The van der Waals surface area contributed by atoms with Crippen LogP contribution in [0.2, 0.25) is 0 Å². The van der Waals surface area contributed by atoms with Crippen molar-refractivity contribution in [3.8, 4) is 22.6 Å². The molecule has 0 aliphatic heterocycles. The monoisotopic (exact) mass is 641 g/mol. The van der Waals surface area contributed by atoms with Crippen molar-refractivity contribution in [2.45, 2.75) is 78.6 Å². The molecular weight excluding hydrogens is 597 g/mol. The predicted octanol–water partition coefficient (Wildman–Crippen LogP) is 11.1. The summed E-state index contributed by atoms with van der Waals surface area (Å²) in [5, 5.41) is 14.2. The molecule has 0 unspecified atom stereocenters. The minimum atomic E-state index is -0.323. The molecule has 5 aromatic rings. The molecule has 1 aromatic heterocycles. The van der Waals surface area contributed by atoms with Gasteiger partial charge in [-0.3, -0.25) is 0 Å². The second-order valence-corrected chi connectivity index (χ2v) is 14.0. The van der Waals surface area contributed by atoms with E-state index in [4.69, 9.17) is 0 Å². The van der Waals surface area contributed by atoms with Crippen molar-refractivity contribution in [1.29, 1.82) is 0 Å². The largest absolute Gasteiger partial charge is 2.00 e. The van der Waals surface area contributed by atoms with Crippen molar-refractivity contribution < 1.29 is 35.7 Å². The molecule has 0 aliphatic rings. The van der Waals surface area contributed by atoms with Gasteiger partial charge in [-0.2, -0.15) is 0 Å². The molecule has 4 aromatic carbocycles. The van der Waals surface area contributed by atoms with Crippen LogP contribution in [0.5, 0.6) is 5.75 Å². The van der Waals surface area contributed by atoms with E-state index in [-0.39, 0.29) is 68.9 Å². The maximum Gasteiger partial charge on any atom is 2.00 e. The SMILES string of the molecule is CC(C)(C)c1cc(-c2cccc(F)c2)c(O)c(-n2c3ccc(C(C)(C)C)cc3c3cc(C(C)(C)C)ccc32)c1.[CH3-].[CH3-].[Zr+2]. The van der Waals surface area contributed by atoms with E-state index < -0.39 is 0 Å². The summed E-state index contributed by atoms with van der Waals surface area (Å²) in [4.78, 5) is 0. The van der Waals surface area contributed by atoms with Crippen molar-refractivity contribution >= 4 is 21.8 Å². The Morgan fingerprint density at radius 2 is 1.07 bits per heavy atom. The molecular formula is C38H46FNOZr. The van der Waals surface area contributed by atoms with Crippen molar-refractivity contribution in [1.82, 2.24) is 4.57 Å². The first kappa shape index (κ1) is 35.5. The van der Waals surface area contributed by atoms with E-state index in [2.05, 4.69) is 109 Å². The average molecular weight is 643 g/mol. The van der Waals surface area contributed by atoms with E-state index in [0.717, 1.165) is 27.4 Å². The van der Waals surface area contributed by atoms with Crippen LogP contribution in [0.15, 0.2) is 72.8 Å². The molecule has 0 amide bonds. The second kappa shape index (κ2) is 12.1. The van der Waals surface area contributed by atoms with Gasteiger partial charge in [-0.15, -0.1) is 0 Å². The minimum Gasteiger partial charge on any atom is -0.505 e. The van der Waals surface area contributed by atoms with Gasteiger partial charge >= 0.3 is 26.2 Å². The van der Waals surface area contributed by atoms with Gasteiger partial charge in [0, 0.05) is 16.3 Å². The molecule has 0 atom stereocenters. The average Bonchev–Trinajstić information content (AvgIpc) is 3.15. The zero-order valence-electron chi connectivity index (χ0n) is 27.2. The summed E-state index contributed by atoms with van der Waals surface area (Å²) in [7, 11) is 0. The Balaban J connectivity index is 0.00000205. The number of hydrogen-bond donors (Lipinski definition) is 1. The van der Waals surface area contributed by atoms with Crippen LogP contribution in [0.1, 0.15) is 79.0 Å². The number of nitrogens with zero attached hydrogens (tertiary/aromatic N) is 1. The maximum atomic E-state index is 14.3. The number of phenols is 1. The van der Waals surface area contributed by atoms with Gasteiger partial charge in [0.2, 0.25) is 0 Å². The molecule has 0 saturated carbocycles. The number of phenolic OH excluding ortho intramolecular Hbond substituents is 1. The van der Waals surface area contributed by atoms with Gasteiger partial charge in [0.25, 0.3) is 0 Å². The third-order valence-corrected chi connectivity index (χ3v) is 7.83. The standard InChI is InChI=1S/C36H40FNO.2CH3.Zr/c1-34(2,3)23-13-15-30-28(18-23)29-19-24(35(4,5)6)14-16-31(29)38(30)32-21-25(36(7,8)9)20-27(33(32)39)22-11-10-12-26(37)17-22;;;/h10-21,39H,1-9H3;2*1H3;/q;2*-1;+2. The molecule has 4 heteroatoms. The first-order chi connectivity index (χ1) is 18.1. The Labute approximate surface area is 272 Å². The summed E-state index contributed by atoms with van der Waals surface area (Å²) < 4.78 is 16.5. The quantitative estimate of drug-likeness (QED) is 0.190. The van der Waals surface area contributed by atoms with Crippen LogP contribution < -0.4 is 0 Å². The van der Waals surface area contributed by atoms with Crippen LogP contribution in [0.4, 0.5) is 4.39 Å². The molecule has 0 aliphatic carbocycles. The van der Waals surface area contributed by atoms with Gasteiger partial charge in [0.1, 0.15) is 11.6 Å². The smallest absolute Gasteiger partial charge is 0.505 e. The van der Waals surface area contributed by atoms with Crippen LogP contribution in [0, 0.1) is 20.7 Å². The number of hydrogen-bond acceptors (Lipinski definition) is 1. The van der Waals surface area contributed by atoms with Crippen LogP contribution in [0.3, 0.4) is 0 Å². The van der Waals surface area contributed by atoms with E-state index in [1.54, 1.807) is 6.07 Å². The van der Waals surface area contributed by atoms with E-state index in [1.165, 1.54) is 23.3 Å². The van der Waals surface area contributed by atoms with E-state index in [0.29, 0.717) is 16.8 Å². The fraction of sp³-hybridized carbons (Fsp3) is 0.316. The van der Waals surface area contributed by atoms with E-state index in [9.17, 15) is 9.50 Å². The third kappa shape index (κ3) is 6.45. The minimum absolute atomic E-state index is 0. The van der Waals surface area contributed by atoms with Crippen LogP contribution >= 0.6 is 0 Å². The topological polar surface area (TPSA) is 25.2 Å². The van der Waals surface area contributed by atoms with E-state index >= 15 is 0 Å². The Hall–Kier alpha value is -2.71. The zero-order valence-corrected chi connectivity index (χ0v) is 29.7. The summed E-state index contributed by atoms with van der Waals surface area (Å²) in [6, 6.07) is 23.9. The molecule has 42 heavy (non-hydrogen) atoms. The molecule has 1 heterocycles. The van der Waals surface area contributed by atoms with Gasteiger partial charge in [-0.05, 0) is 87.0 Å². The third-order valence-electron chi connectivity index (χ3n) is 7.83. The van der Waals surface area contributed by atoms with Crippen LogP contribution in [0.25, 0.3) is 38.6 Å². The van der Waals surface area contributed by atoms with Crippen molar-refractivity contribution in [2.75, 3.05) is 0 Å². The normalized spacial score (nSPS) is 12.0. The molecule has 0 radical (unpaired) electrons. The van der Waals surface area contributed by atoms with Gasteiger partial charge < -0.3 is 24.5 Å². The number of aromatic nitrogens is 1. The summed E-state index contributed by atoms with van der Waals surface area (Å²) in [6.07, 6.45) is 0. The number of fused-ring (bicyclic) bond motifs is 3. The number of halogens is 1. The molecule has 220 valence electrons. The van der Waals surface area contributed by atoms with Gasteiger partial charge in [-0.1, -0.05) is 86.6 Å². The molecule has 1 N–H and O–H groups in total. The number of benzene rings is 4. The molecule has 0 fully saturated rings. The maximum absolute atomic E-state index is 14.3. The van der Waals surface area contributed by atoms with Crippen molar-refractivity contribution in [3.05, 3.63) is 110 Å². The Bertz CT molecular complexity index is 1650. The first-order valence-corrected chi connectivity index (χ1v) is 13.8. The summed E-state index contributed by atoms with van der Waals surface area (Å²) in [6.45, 7) is 19.9. The Kier molecular flexibility index (Phi) is 10.2. The number of rotatable bonds is 2. The van der Waals surface area contributed by atoms with Crippen molar-refractivity contribution in [2.24, 2.45) is 0 Å². The molecule has 0 spiro atoms. The summed E-state index contributed by atoms with van der Waals surface area (Å²) in [5.41, 5.74) is 7.50. The molecule has 5 rings (SSSR count). The van der Waals surface area contributed by atoms with E-state index in [1.807, 2.05) is 12.1 Å². The molecule has 0 saturated heterocycles. The van der Waals surface area contributed by atoms with Gasteiger partial charge in [0.05, 0.1) is 16.7 Å². The van der Waals surface area contributed by atoms with Crippen LogP contribution in [-0.2, 0) is 42.4 Å². The fourth-order valence-electron chi connectivity index (χ4n) is 5.31. The first-order valence-electron chi connectivity index (χ1n) is 13.8. The summed E-state index contributed by atoms with van der Waals surface area (Å²) >= 11 is 0. The van der Waals surface area contributed by atoms with Gasteiger partial charge in [0.15, 0.2) is 0 Å². The zero-order chi connectivity index (χ0) is 28.5. The second-order valence-electron chi connectivity index (χ2n) is 14.0. The Morgan fingerprint density at radius 3 is 1.50 bits per heavy atom. The van der Waals surface area contributed by atoms with Crippen molar-refractivity contribution in [3.63, 3.8) is 0 Å².